The minimum Gasteiger partial charge on any atom is -0.555 e. The van der Waals surface area contributed by atoms with Crippen LogP contribution in [0.1, 0.15) is 6.92 Å². The van der Waals surface area contributed by atoms with Crippen LogP contribution >= 0.6 is 0 Å². The van der Waals surface area contributed by atoms with E-state index in [1.165, 1.54) is 0 Å². The van der Waals surface area contributed by atoms with Crippen molar-refractivity contribution in [1.29, 1.82) is 0 Å². The molecule has 0 aliphatic rings. The van der Waals surface area contributed by atoms with Crippen LogP contribution < -0.4 is 51.4 Å². The fourth-order valence-electron chi connectivity index (χ4n) is 0. The Morgan fingerprint density at radius 1 is 1.44 bits per heavy atom. The van der Waals surface area contributed by atoms with Crippen LogP contribution in [0.15, 0.2) is 0 Å². The van der Waals surface area contributed by atoms with Gasteiger partial charge in [0.25, 0.3) is 0 Å². The Bertz CT molecular complexity index is 35.5. The molecule has 0 saturated carbocycles. The van der Waals surface area contributed by atoms with E-state index in [2.05, 4.69) is 11.8 Å². The van der Waals surface area contributed by atoms with Crippen molar-refractivity contribution in [2.45, 2.75) is 6.92 Å². The zero-order valence-corrected chi connectivity index (χ0v) is 8.66. The van der Waals surface area contributed by atoms with E-state index in [1.807, 2.05) is 6.92 Å². The second-order valence-electron chi connectivity index (χ2n) is 0.740. The molecule has 0 unspecified atom stereocenters. The molecule has 0 saturated heterocycles. The number of ether oxygens (including phenoxy) is 1. The Kier molecular flexibility index (Phi) is 30.3. The molecule has 0 radical (unpaired) electrons. The molecule has 0 aromatic carbocycles. The molecule has 50 valence electrons. The van der Waals surface area contributed by atoms with Crippen molar-refractivity contribution >= 4 is 7.54 Å². The van der Waals surface area contributed by atoms with Gasteiger partial charge in [-0.05, 0) is 6.92 Å². The summed E-state index contributed by atoms with van der Waals surface area (Å²) in [5, 5.41) is 0. The second kappa shape index (κ2) is 16.2. The largest absolute Gasteiger partial charge is 1.00 e. The molecule has 0 aliphatic carbocycles. The zero-order chi connectivity index (χ0) is 6.99. The molecule has 0 fully saturated rings. The van der Waals surface area contributed by atoms with Crippen LogP contribution in [-0.2, 0) is 4.74 Å². The van der Waals surface area contributed by atoms with E-state index in [9.17, 15) is 12.9 Å². The predicted octanol–water partition coefficient (Wildman–Crippen LogP) is -1.30. The molecular weight excluding hydrogens is 159 g/mol. The van der Waals surface area contributed by atoms with Gasteiger partial charge in [0.05, 0.1) is 0 Å². The third kappa shape index (κ3) is 87.3. The van der Waals surface area contributed by atoms with Crippen LogP contribution in [0.3, 0.4) is 0 Å². The van der Waals surface area contributed by atoms with Crippen molar-refractivity contribution in [3.8, 4) is 0 Å². The Morgan fingerprint density at radius 3 is 1.56 bits per heavy atom. The van der Waals surface area contributed by atoms with Crippen LogP contribution in [0.2, 0.25) is 0 Å². The minimum atomic E-state index is -3.67. The molecule has 0 atom stereocenters. The molecule has 0 aromatic heterocycles. The van der Waals surface area contributed by atoms with E-state index in [0.29, 0.717) is 6.61 Å². The van der Waals surface area contributed by atoms with Gasteiger partial charge in [0, 0.05) is 6.61 Å². The van der Waals surface area contributed by atoms with Gasteiger partial charge in [-0.25, -0.2) is 7.11 Å². The summed E-state index contributed by atoms with van der Waals surface area (Å²) in [5.74, 6) is 0. The SMILES string of the molecule is FB(F)F.[CH2-]OCC.[K+]. The molecule has 0 rings (SSSR count). The number of hydrogen-bond acceptors (Lipinski definition) is 1. The molecule has 0 amide bonds. The summed E-state index contributed by atoms with van der Waals surface area (Å²) in [6.45, 7) is 2.60. The summed E-state index contributed by atoms with van der Waals surface area (Å²) in [6.07, 6.45) is 0. The van der Waals surface area contributed by atoms with E-state index in [1.54, 1.807) is 0 Å². The first-order valence-electron chi connectivity index (χ1n) is 1.94. The summed E-state index contributed by atoms with van der Waals surface area (Å²) in [7, 11) is -0.563. The topological polar surface area (TPSA) is 9.23 Å². The van der Waals surface area contributed by atoms with Crippen molar-refractivity contribution in [1.82, 2.24) is 0 Å². The van der Waals surface area contributed by atoms with E-state index in [-0.39, 0.29) is 51.4 Å². The van der Waals surface area contributed by atoms with Gasteiger partial charge < -0.3 is 4.74 Å². The fraction of sp³-hybridized carbons (Fsp3) is 0.667. The van der Waals surface area contributed by atoms with Crippen molar-refractivity contribution in [3.63, 3.8) is 0 Å². The van der Waals surface area contributed by atoms with Crippen molar-refractivity contribution in [2.24, 2.45) is 0 Å². The molecule has 0 heterocycles. The van der Waals surface area contributed by atoms with Gasteiger partial charge in [-0.2, -0.15) is 0 Å². The van der Waals surface area contributed by atoms with Crippen LogP contribution in [0.5, 0.6) is 0 Å². The summed E-state index contributed by atoms with van der Waals surface area (Å²) in [5.41, 5.74) is 0. The molecule has 6 heteroatoms. The second-order valence-corrected chi connectivity index (χ2v) is 0.740. The first-order valence-corrected chi connectivity index (χ1v) is 1.94. The van der Waals surface area contributed by atoms with E-state index >= 15 is 0 Å². The zero-order valence-electron chi connectivity index (χ0n) is 5.53. The fourth-order valence-corrected chi connectivity index (χ4v) is 0. The number of hydrogen-bond donors (Lipinski definition) is 0. The first kappa shape index (κ1) is 16.8. The van der Waals surface area contributed by atoms with Crippen molar-refractivity contribution in [3.05, 3.63) is 7.11 Å². The maximum absolute atomic E-state index is 9.67. The third-order valence-electron chi connectivity index (χ3n) is 0.204. The van der Waals surface area contributed by atoms with E-state index < -0.39 is 7.54 Å². The summed E-state index contributed by atoms with van der Waals surface area (Å²) >= 11 is 0. The van der Waals surface area contributed by atoms with Gasteiger partial charge in [-0.3, -0.25) is 12.9 Å². The monoisotopic (exact) mass is 166 g/mol. The van der Waals surface area contributed by atoms with Gasteiger partial charge >= 0.3 is 58.9 Å². The Morgan fingerprint density at radius 2 is 1.56 bits per heavy atom. The van der Waals surface area contributed by atoms with E-state index in [4.69, 9.17) is 0 Å². The third-order valence-corrected chi connectivity index (χ3v) is 0.204. The normalized spacial score (nSPS) is 6.33. The van der Waals surface area contributed by atoms with Gasteiger partial charge in [0.1, 0.15) is 0 Å². The molecule has 0 bridgehead atoms. The average molecular weight is 166 g/mol. The summed E-state index contributed by atoms with van der Waals surface area (Å²) < 4.78 is 33.3. The minimum absolute atomic E-state index is 0. The van der Waals surface area contributed by atoms with Crippen LogP contribution in [0.25, 0.3) is 0 Å². The summed E-state index contributed by atoms with van der Waals surface area (Å²) in [6, 6.07) is 0. The predicted molar refractivity (Wildman–Crippen MR) is 26.1 cm³/mol. The summed E-state index contributed by atoms with van der Waals surface area (Å²) in [4.78, 5) is 0. The molecule has 0 spiro atoms. The number of rotatable bonds is 1. The average Bonchev–Trinajstić information content (AvgIpc) is 1.65. The van der Waals surface area contributed by atoms with Gasteiger partial charge in [-0.1, -0.05) is 0 Å². The molecule has 1 nitrogen and oxygen atoms in total. The first-order chi connectivity index (χ1) is 3.65. The number of halogens is 3. The quantitative estimate of drug-likeness (QED) is 0.347. The van der Waals surface area contributed by atoms with Crippen molar-refractivity contribution in [2.75, 3.05) is 6.61 Å². The maximum Gasteiger partial charge on any atom is 1.00 e. The maximum atomic E-state index is 9.67. The van der Waals surface area contributed by atoms with Crippen LogP contribution in [0, 0.1) is 7.11 Å². The van der Waals surface area contributed by atoms with Crippen LogP contribution in [0.4, 0.5) is 12.9 Å². The smallest absolute Gasteiger partial charge is 0.555 e. The van der Waals surface area contributed by atoms with Crippen LogP contribution in [-0.4, -0.2) is 14.2 Å². The van der Waals surface area contributed by atoms with Crippen molar-refractivity contribution < 1.29 is 69.1 Å². The Balaban J connectivity index is -0.0000000720. The van der Waals surface area contributed by atoms with Gasteiger partial charge in [0.2, 0.25) is 0 Å². The van der Waals surface area contributed by atoms with Gasteiger partial charge in [-0.15, -0.1) is 0 Å². The molecule has 0 aliphatic heterocycles. The molecular formula is C3H7BF3KO. The Hall–Kier alpha value is 1.45. The Labute approximate surface area is 96.0 Å². The molecule has 0 N–H and O–H groups in total. The molecule has 0 aromatic rings. The van der Waals surface area contributed by atoms with E-state index in [0.717, 1.165) is 0 Å². The van der Waals surface area contributed by atoms with Gasteiger partial charge in [0.15, 0.2) is 0 Å². The molecule has 9 heavy (non-hydrogen) atoms. The standard InChI is InChI=1S/C3H7O.BF3.K/c1-3-4-2;2-1(3)4;/h2-3H2,1H3;;/q-1;;+1.